The fraction of sp³-hybridized carbons (Fsp3) is 0.174. The maximum atomic E-state index is 12.1. The van der Waals surface area contributed by atoms with Crippen LogP contribution in [0.3, 0.4) is 0 Å². The lowest BCUT2D eigenvalue weighted by molar-refractivity contribution is -0.118. The minimum Gasteiger partial charge on any atom is -0.493 e. The fourth-order valence-electron chi connectivity index (χ4n) is 2.65. The van der Waals surface area contributed by atoms with E-state index in [2.05, 4.69) is 17.4 Å². The molecule has 0 aliphatic heterocycles. The topological polar surface area (TPSA) is 47.6 Å². The van der Waals surface area contributed by atoms with Crippen molar-refractivity contribution in [3.8, 4) is 11.5 Å². The van der Waals surface area contributed by atoms with Crippen molar-refractivity contribution in [2.45, 2.75) is 13.3 Å². The van der Waals surface area contributed by atoms with Gasteiger partial charge in [0.1, 0.15) is 11.5 Å². The Balaban J connectivity index is 1.47. The average molecular weight is 361 g/mol. The number of benzene rings is 3. The molecule has 0 radical (unpaired) electrons. The Bertz CT molecular complexity index is 878. The maximum Gasteiger partial charge on any atom is 0.262 e. The molecule has 3 aromatic rings. The lowest BCUT2D eigenvalue weighted by atomic mass is 10.2. The van der Waals surface area contributed by atoms with Gasteiger partial charge in [-0.25, -0.2) is 0 Å². The van der Waals surface area contributed by atoms with Crippen LogP contribution in [0.5, 0.6) is 11.5 Å². The van der Waals surface area contributed by atoms with Gasteiger partial charge in [0, 0.05) is 18.2 Å². The molecule has 0 aromatic heterocycles. The first-order chi connectivity index (χ1) is 13.2. The van der Waals surface area contributed by atoms with Crippen molar-refractivity contribution in [3.63, 3.8) is 0 Å². The van der Waals surface area contributed by atoms with Gasteiger partial charge in [0.25, 0.3) is 5.91 Å². The molecule has 0 aliphatic rings. The SMILES string of the molecule is Cc1cccc(OCC(=O)Nc2cccc(OCCc3ccccc3)c2)c1. The molecule has 0 bridgehead atoms. The lowest BCUT2D eigenvalue weighted by Crippen LogP contribution is -2.20. The predicted molar refractivity (Wildman–Crippen MR) is 107 cm³/mol. The number of amides is 1. The third-order valence-electron chi connectivity index (χ3n) is 3.98. The van der Waals surface area contributed by atoms with Crippen molar-refractivity contribution in [1.82, 2.24) is 0 Å². The fourth-order valence-corrected chi connectivity index (χ4v) is 2.65. The molecule has 4 heteroatoms. The molecular weight excluding hydrogens is 338 g/mol. The molecule has 0 unspecified atom stereocenters. The van der Waals surface area contributed by atoms with E-state index in [9.17, 15) is 4.79 Å². The van der Waals surface area contributed by atoms with Gasteiger partial charge in [-0.2, -0.15) is 0 Å². The van der Waals surface area contributed by atoms with Crippen molar-refractivity contribution >= 4 is 11.6 Å². The zero-order valence-corrected chi connectivity index (χ0v) is 15.4. The first-order valence-corrected chi connectivity index (χ1v) is 8.95. The molecule has 138 valence electrons. The van der Waals surface area contributed by atoms with Crippen LogP contribution in [-0.2, 0) is 11.2 Å². The second kappa shape index (κ2) is 9.43. The molecule has 3 rings (SSSR count). The highest BCUT2D eigenvalue weighted by Gasteiger charge is 2.05. The monoisotopic (exact) mass is 361 g/mol. The standard InChI is InChI=1S/C23H23NO3/c1-18-7-5-11-21(15-18)27-17-23(25)24-20-10-6-12-22(16-20)26-14-13-19-8-3-2-4-9-19/h2-12,15-16H,13-14,17H2,1H3,(H,24,25). The molecule has 0 fully saturated rings. The summed E-state index contributed by atoms with van der Waals surface area (Å²) < 4.78 is 11.3. The minimum atomic E-state index is -0.210. The van der Waals surface area contributed by atoms with Crippen molar-refractivity contribution < 1.29 is 14.3 Å². The number of hydrogen-bond acceptors (Lipinski definition) is 3. The molecular formula is C23H23NO3. The van der Waals surface area contributed by atoms with E-state index in [1.165, 1.54) is 5.56 Å². The Hall–Kier alpha value is -3.27. The number of nitrogens with one attached hydrogen (secondary N) is 1. The average Bonchev–Trinajstić information content (AvgIpc) is 2.68. The van der Waals surface area contributed by atoms with E-state index in [-0.39, 0.29) is 12.5 Å². The van der Waals surface area contributed by atoms with Gasteiger partial charge >= 0.3 is 0 Å². The summed E-state index contributed by atoms with van der Waals surface area (Å²) in [6.45, 7) is 2.52. The van der Waals surface area contributed by atoms with Crippen LogP contribution in [0.25, 0.3) is 0 Å². The highest BCUT2D eigenvalue weighted by molar-refractivity contribution is 5.92. The number of ether oxygens (including phenoxy) is 2. The zero-order chi connectivity index (χ0) is 18.9. The van der Waals surface area contributed by atoms with Gasteiger partial charge < -0.3 is 14.8 Å². The van der Waals surface area contributed by atoms with Gasteiger partial charge in [-0.15, -0.1) is 0 Å². The van der Waals surface area contributed by atoms with Gasteiger partial charge in [-0.3, -0.25) is 4.79 Å². The van der Waals surface area contributed by atoms with E-state index in [0.29, 0.717) is 18.0 Å². The molecule has 1 amide bonds. The Morgan fingerprint density at radius 1 is 0.852 bits per heavy atom. The Labute approximate surface area is 159 Å². The second-order valence-electron chi connectivity index (χ2n) is 6.27. The lowest BCUT2D eigenvalue weighted by Gasteiger charge is -2.10. The maximum absolute atomic E-state index is 12.1. The number of carbonyl (C=O) groups is 1. The van der Waals surface area contributed by atoms with Crippen molar-refractivity contribution in [2.24, 2.45) is 0 Å². The third kappa shape index (κ3) is 6.19. The van der Waals surface area contributed by atoms with E-state index < -0.39 is 0 Å². The molecule has 0 aliphatic carbocycles. The van der Waals surface area contributed by atoms with Crippen LogP contribution in [0.1, 0.15) is 11.1 Å². The summed E-state index contributed by atoms with van der Waals surface area (Å²) in [6.07, 6.45) is 0.835. The van der Waals surface area contributed by atoms with E-state index in [0.717, 1.165) is 17.7 Å². The van der Waals surface area contributed by atoms with Crippen LogP contribution in [0.4, 0.5) is 5.69 Å². The van der Waals surface area contributed by atoms with Gasteiger partial charge in [0.05, 0.1) is 6.61 Å². The van der Waals surface area contributed by atoms with Gasteiger partial charge in [0.15, 0.2) is 6.61 Å². The smallest absolute Gasteiger partial charge is 0.262 e. The van der Waals surface area contributed by atoms with Crippen molar-refractivity contribution in [2.75, 3.05) is 18.5 Å². The first-order valence-electron chi connectivity index (χ1n) is 8.95. The molecule has 0 spiro atoms. The minimum absolute atomic E-state index is 0.0391. The van der Waals surface area contributed by atoms with Crippen molar-refractivity contribution in [3.05, 3.63) is 90.0 Å². The molecule has 27 heavy (non-hydrogen) atoms. The van der Waals surface area contributed by atoms with Gasteiger partial charge in [-0.1, -0.05) is 48.5 Å². The molecule has 0 atom stereocenters. The van der Waals surface area contributed by atoms with Gasteiger partial charge in [-0.05, 0) is 42.3 Å². The van der Waals surface area contributed by atoms with E-state index in [4.69, 9.17) is 9.47 Å². The number of aryl methyl sites for hydroxylation is 1. The number of rotatable bonds is 8. The normalized spacial score (nSPS) is 10.3. The van der Waals surface area contributed by atoms with E-state index >= 15 is 0 Å². The van der Waals surface area contributed by atoms with Crippen molar-refractivity contribution in [1.29, 1.82) is 0 Å². The largest absolute Gasteiger partial charge is 0.493 e. The van der Waals surface area contributed by atoms with Crippen LogP contribution in [-0.4, -0.2) is 19.1 Å². The number of anilines is 1. The molecule has 0 saturated carbocycles. The van der Waals surface area contributed by atoms with Crippen LogP contribution >= 0.6 is 0 Å². The summed E-state index contributed by atoms with van der Waals surface area (Å²) in [5, 5.41) is 2.83. The quantitative estimate of drug-likeness (QED) is 0.636. The molecule has 4 nitrogen and oxygen atoms in total. The number of carbonyl (C=O) groups excluding carboxylic acids is 1. The van der Waals surface area contributed by atoms with Crippen LogP contribution in [0.2, 0.25) is 0 Å². The highest BCUT2D eigenvalue weighted by atomic mass is 16.5. The van der Waals surface area contributed by atoms with Crippen LogP contribution in [0.15, 0.2) is 78.9 Å². The zero-order valence-electron chi connectivity index (χ0n) is 15.4. The summed E-state index contributed by atoms with van der Waals surface area (Å²) in [4.78, 5) is 12.1. The molecule has 3 aromatic carbocycles. The molecule has 0 saturated heterocycles. The van der Waals surface area contributed by atoms with Crippen LogP contribution < -0.4 is 14.8 Å². The van der Waals surface area contributed by atoms with E-state index in [1.54, 1.807) is 0 Å². The second-order valence-corrected chi connectivity index (χ2v) is 6.27. The Morgan fingerprint density at radius 3 is 2.37 bits per heavy atom. The summed E-state index contributed by atoms with van der Waals surface area (Å²) in [7, 11) is 0. The predicted octanol–water partition coefficient (Wildman–Crippen LogP) is 4.63. The summed E-state index contributed by atoms with van der Waals surface area (Å²) in [6, 6.07) is 25.2. The van der Waals surface area contributed by atoms with Gasteiger partial charge in [0.2, 0.25) is 0 Å². The Morgan fingerprint density at radius 2 is 1.59 bits per heavy atom. The Kier molecular flexibility index (Phi) is 6.47. The molecule has 0 heterocycles. The first kappa shape index (κ1) is 18.5. The summed E-state index contributed by atoms with van der Waals surface area (Å²) in [5.41, 5.74) is 3.01. The molecule has 1 N–H and O–H groups in total. The highest BCUT2D eigenvalue weighted by Crippen LogP contribution is 2.18. The third-order valence-corrected chi connectivity index (χ3v) is 3.98. The number of hydrogen-bond donors (Lipinski definition) is 1. The summed E-state index contributed by atoms with van der Waals surface area (Å²) >= 11 is 0. The van der Waals surface area contributed by atoms with Crippen LogP contribution in [0, 0.1) is 6.92 Å². The summed E-state index contributed by atoms with van der Waals surface area (Å²) in [5.74, 6) is 1.20. The van der Waals surface area contributed by atoms with E-state index in [1.807, 2.05) is 73.7 Å².